The largest absolute Gasteiger partial charge is 0.366 e. The first-order chi connectivity index (χ1) is 9.56. The van der Waals surface area contributed by atoms with Gasteiger partial charge in [0, 0.05) is 23.7 Å². The van der Waals surface area contributed by atoms with Crippen molar-refractivity contribution >= 4 is 17.5 Å². The molecule has 1 fully saturated rings. The van der Waals surface area contributed by atoms with E-state index in [1.165, 1.54) is 0 Å². The van der Waals surface area contributed by atoms with Gasteiger partial charge in [-0.1, -0.05) is 18.9 Å². The highest BCUT2D eigenvalue weighted by atomic mass is 16.2. The SMILES string of the molecule is NC(=O)c1cccc(NC(=O)CC2CCCCC2N)c1. The number of nitrogens with one attached hydrogen (secondary N) is 1. The lowest BCUT2D eigenvalue weighted by molar-refractivity contribution is -0.117. The highest BCUT2D eigenvalue weighted by molar-refractivity contribution is 5.96. The van der Waals surface area contributed by atoms with Gasteiger partial charge in [-0.3, -0.25) is 9.59 Å². The molecule has 5 heteroatoms. The van der Waals surface area contributed by atoms with Crippen LogP contribution in [0, 0.1) is 5.92 Å². The van der Waals surface area contributed by atoms with Gasteiger partial charge < -0.3 is 16.8 Å². The summed E-state index contributed by atoms with van der Waals surface area (Å²) in [4.78, 5) is 23.1. The topological polar surface area (TPSA) is 98.2 Å². The molecular formula is C15H21N3O2. The Labute approximate surface area is 118 Å². The summed E-state index contributed by atoms with van der Waals surface area (Å²) in [5.74, 6) is -0.313. The molecule has 2 atom stereocenters. The van der Waals surface area contributed by atoms with Gasteiger partial charge in [0.1, 0.15) is 0 Å². The molecule has 0 radical (unpaired) electrons. The van der Waals surface area contributed by atoms with Gasteiger partial charge in [-0.2, -0.15) is 0 Å². The Morgan fingerprint density at radius 2 is 2.00 bits per heavy atom. The fraction of sp³-hybridized carbons (Fsp3) is 0.467. The zero-order chi connectivity index (χ0) is 14.5. The summed E-state index contributed by atoms with van der Waals surface area (Å²) >= 11 is 0. The maximum Gasteiger partial charge on any atom is 0.248 e. The molecule has 1 aromatic carbocycles. The molecule has 1 aromatic rings. The number of carbonyl (C=O) groups is 2. The molecule has 0 aromatic heterocycles. The number of amides is 2. The van der Waals surface area contributed by atoms with E-state index >= 15 is 0 Å². The van der Waals surface area contributed by atoms with Gasteiger partial charge >= 0.3 is 0 Å². The minimum atomic E-state index is -0.504. The summed E-state index contributed by atoms with van der Waals surface area (Å²) in [6, 6.07) is 6.76. The first kappa shape index (κ1) is 14.5. The van der Waals surface area contributed by atoms with Crippen LogP contribution >= 0.6 is 0 Å². The normalized spacial score (nSPS) is 22.2. The molecule has 0 heterocycles. The second kappa shape index (κ2) is 6.52. The Morgan fingerprint density at radius 3 is 2.70 bits per heavy atom. The van der Waals surface area contributed by atoms with Crippen LogP contribution in [0.1, 0.15) is 42.5 Å². The van der Waals surface area contributed by atoms with Crippen molar-refractivity contribution in [2.24, 2.45) is 17.4 Å². The van der Waals surface area contributed by atoms with E-state index in [1.54, 1.807) is 24.3 Å². The molecule has 108 valence electrons. The molecule has 2 unspecified atom stereocenters. The zero-order valence-corrected chi connectivity index (χ0v) is 11.5. The number of carbonyl (C=O) groups excluding carboxylic acids is 2. The number of benzene rings is 1. The number of anilines is 1. The molecule has 5 nitrogen and oxygen atoms in total. The fourth-order valence-electron chi connectivity index (χ4n) is 2.69. The van der Waals surface area contributed by atoms with Crippen LogP contribution in [0.15, 0.2) is 24.3 Å². The predicted molar refractivity (Wildman–Crippen MR) is 78.1 cm³/mol. The molecule has 1 aliphatic rings. The highest BCUT2D eigenvalue weighted by Crippen LogP contribution is 2.26. The van der Waals surface area contributed by atoms with E-state index in [2.05, 4.69) is 5.32 Å². The van der Waals surface area contributed by atoms with E-state index < -0.39 is 5.91 Å². The predicted octanol–water partition coefficient (Wildman–Crippen LogP) is 1.63. The molecular weight excluding hydrogens is 254 g/mol. The van der Waals surface area contributed by atoms with Crippen molar-refractivity contribution in [3.8, 4) is 0 Å². The van der Waals surface area contributed by atoms with Crippen LogP contribution in [-0.2, 0) is 4.79 Å². The van der Waals surface area contributed by atoms with Crippen molar-refractivity contribution in [1.82, 2.24) is 0 Å². The van der Waals surface area contributed by atoms with Crippen molar-refractivity contribution in [2.75, 3.05) is 5.32 Å². The maximum absolute atomic E-state index is 12.0. The van der Waals surface area contributed by atoms with E-state index in [4.69, 9.17) is 11.5 Å². The van der Waals surface area contributed by atoms with Gasteiger partial charge in [0.15, 0.2) is 0 Å². The molecule has 0 spiro atoms. The van der Waals surface area contributed by atoms with Crippen LogP contribution in [-0.4, -0.2) is 17.9 Å². The molecule has 5 N–H and O–H groups in total. The molecule has 20 heavy (non-hydrogen) atoms. The lowest BCUT2D eigenvalue weighted by Crippen LogP contribution is -2.35. The van der Waals surface area contributed by atoms with Gasteiger partial charge in [0.25, 0.3) is 0 Å². The molecule has 0 bridgehead atoms. The first-order valence-corrected chi connectivity index (χ1v) is 7.01. The van der Waals surface area contributed by atoms with Crippen LogP contribution in [0.4, 0.5) is 5.69 Å². The lowest BCUT2D eigenvalue weighted by atomic mass is 9.83. The number of hydrogen-bond acceptors (Lipinski definition) is 3. The maximum atomic E-state index is 12.0. The lowest BCUT2D eigenvalue weighted by Gasteiger charge is -2.27. The molecule has 1 aliphatic carbocycles. The molecule has 2 amide bonds. The minimum Gasteiger partial charge on any atom is -0.366 e. The summed E-state index contributed by atoms with van der Waals surface area (Å²) < 4.78 is 0. The molecule has 0 aliphatic heterocycles. The van der Waals surface area contributed by atoms with Crippen LogP contribution in [0.25, 0.3) is 0 Å². The van der Waals surface area contributed by atoms with Crippen molar-refractivity contribution < 1.29 is 9.59 Å². The van der Waals surface area contributed by atoms with Gasteiger partial charge in [0.05, 0.1) is 0 Å². The second-order valence-electron chi connectivity index (χ2n) is 5.41. The Hall–Kier alpha value is -1.88. The minimum absolute atomic E-state index is 0.0611. The number of rotatable bonds is 4. The van der Waals surface area contributed by atoms with E-state index in [0.29, 0.717) is 17.7 Å². The summed E-state index contributed by atoms with van der Waals surface area (Å²) in [5, 5.41) is 2.80. The van der Waals surface area contributed by atoms with E-state index in [9.17, 15) is 9.59 Å². The van der Waals surface area contributed by atoms with Crippen LogP contribution in [0.3, 0.4) is 0 Å². The fourth-order valence-corrected chi connectivity index (χ4v) is 2.69. The quantitative estimate of drug-likeness (QED) is 0.778. The van der Waals surface area contributed by atoms with Crippen molar-refractivity contribution in [3.05, 3.63) is 29.8 Å². The second-order valence-corrected chi connectivity index (χ2v) is 5.41. The third kappa shape index (κ3) is 3.81. The van der Waals surface area contributed by atoms with Gasteiger partial charge in [-0.05, 0) is 37.0 Å². The molecule has 0 saturated heterocycles. The molecule has 2 rings (SSSR count). The van der Waals surface area contributed by atoms with Crippen molar-refractivity contribution in [3.63, 3.8) is 0 Å². The Balaban J connectivity index is 1.94. The van der Waals surface area contributed by atoms with E-state index in [1.807, 2.05) is 0 Å². The third-order valence-electron chi connectivity index (χ3n) is 3.85. The summed E-state index contributed by atoms with van der Waals surface area (Å²) in [5.41, 5.74) is 12.2. The van der Waals surface area contributed by atoms with Gasteiger partial charge in [-0.15, -0.1) is 0 Å². The highest BCUT2D eigenvalue weighted by Gasteiger charge is 2.24. The Morgan fingerprint density at radius 1 is 1.25 bits per heavy atom. The third-order valence-corrected chi connectivity index (χ3v) is 3.85. The van der Waals surface area contributed by atoms with Crippen molar-refractivity contribution in [1.29, 1.82) is 0 Å². The van der Waals surface area contributed by atoms with E-state index in [-0.39, 0.29) is 17.9 Å². The van der Waals surface area contributed by atoms with Crippen LogP contribution < -0.4 is 16.8 Å². The average Bonchev–Trinajstić information content (AvgIpc) is 2.41. The summed E-state index contributed by atoms with van der Waals surface area (Å²) in [6.45, 7) is 0. The first-order valence-electron chi connectivity index (χ1n) is 7.01. The summed E-state index contributed by atoms with van der Waals surface area (Å²) in [6.07, 6.45) is 4.73. The van der Waals surface area contributed by atoms with Gasteiger partial charge in [0.2, 0.25) is 11.8 Å². The monoisotopic (exact) mass is 275 g/mol. The smallest absolute Gasteiger partial charge is 0.248 e. The van der Waals surface area contributed by atoms with Crippen LogP contribution in [0.5, 0.6) is 0 Å². The van der Waals surface area contributed by atoms with E-state index in [0.717, 1.165) is 25.7 Å². The average molecular weight is 275 g/mol. The zero-order valence-electron chi connectivity index (χ0n) is 11.5. The van der Waals surface area contributed by atoms with Crippen LogP contribution in [0.2, 0.25) is 0 Å². The number of hydrogen-bond donors (Lipinski definition) is 3. The number of primary amides is 1. The Kier molecular flexibility index (Phi) is 4.74. The van der Waals surface area contributed by atoms with Gasteiger partial charge in [-0.25, -0.2) is 0 Å². The Bertz CT molecular complexity index is 502. The number of nitrogens with two attached hydrogens (primary N) is 2. The molecule has 1 saturated carbocycles. The summed E-state index contributed by atoms with van der Waals surface area (Å²) in [7, 11) is 0. The van der Waals surface area contributed by atoms with Crippen molar-refractivity contribution in [2.45, 2.75) is 38.1 Å². The standard InChI is InChI=1S/C15H21N3O2/c16-13-7-2-1-4-10(13)9-14(19)18-12-6-3-5-11(8-12)15(17)20/h3,5-6,8,10,13H,1-2,4,7,9,16H2,(H2,17,20)(H,18,19).